The number of rotatable bonds is 11. The number of benzene rings is 2. The van der Waals surface area contributed by atoms with Crippen molar-refractivity contribution >= 4 is 23.9 Å². The predicted octanol–water partition coefficient (Wildman–Crippen LogP) is 8.05. The molecule has 244 valence electrons. The first-order chi connectivity index (χ1) is 21.1. The molecular formula is C38H50ClFN2O3. The summed E-state index contributed by atoms with van der Waals surface area (Å²) in [5.74, 6) is 3.81. The molecule has 3 aliphatic rings. The van der Waals surface area contributed by atoms with Gasteiger partial charge in [0.25, 0.3) is 0 Å². The van der Waals surface area contributed by atoms with E-state index in [0.29, 0.717) is 18.8 Å². The zero-order chi connectivity index (χ0) is 31.3. The first kappa shape index (κ1) is 35.0. The summed E-state index contributed by atoms with van der Waals surface area (Å²) in [7, 11) is 0. The Morgan fingerprint density at radius 3 is 2.51 bits per heavy atom. The molecule has 45 heavy (non-hydrogen) atoms. The maximum Gasteiger partial charge on any atom is 0.314 e. The maximum absolute atomic E-state index is 13.6. The Morgan fingerprint density at radius 1 is 1.07 bits per heavy atom. The van der Waals surface area contributed by atoms with E-state index in [1.54, 1.807) is 0 Å². The van der Waals surface area contributed by atoms with E-state index in [4.69, 9.17) is 15.9 Å². The molecule has 0 aromatic heterocycles. The van der Waals surface area contributed by atoms with Crippen molar-refractivity contribution in [2.24, 2.45) is 5.92 Å². The maximum atomic E-state index is 13.6. The zero-order valence-electron chi connectivity index (χ0n) is 27.5. The van der Waals surface area contributed by atoms with Gasteiger partial charge >= 0.3 is 5.97 Å². The van der Waals surface area contributed by atoms with Crippen molar-refractivity contribution in [3.8, 4) is 23.8 Å². The lowest BCUT2D eigenvalue weighted by Crippen LogP contribution is -2.42. The molecule has 5 rings (SSSR count). The molecular weight excluding hydrogens is 587 g/mol. The highest BCUT2D eigenvalue weighted by Gasteiger charge is 2.40. The fourth-order valence-corrected chi connectivity index (χ4v) is 6.98. The quantitative estimate of drug-likeness (QED) is 0.142. The van der Waals surface area contributed by atoms with E-state index in [-0.39, 0.29) is 36.0 Å². The smallest absolute Gasteiger partial charge is 0.314 e. The number of aryl methyl sites for hydroxylation is 1. The van der Waals surface area contributed by atoms with Crippen LogP contribution in [0.3, 0.4) is 0 Å². The molecule has 3 aliphatic heterocycles. The van der Waals surface area contributed by atoms with Crippen LogP contribution >= 0.6 is 12.4 Å². The van der Waals surface area contributed by atoms with Crippen LogP contribution in [0.1, 0.15) is 95.2 Å². The van der Waals surface area contributed by atoms with Gasteiger partial charge in [-0.1, -0.05) is 38.3 Å². The van der Waals surface area contributed by atoms with Gasteiger partial charge in [0.2, 0.25) is 0 Å². The molecule has 0 spiro atoms. The summed E-state index contributed by atoms with van der Waals surface area (Å²) in [6.45, 7) is 13.8. The summed E-state index contributed by atoms with van der Waals surface area (Å²) < 4.78 is 26.4. The van der Waals surface area contributed by atoms with Gasteiger partial charge in [0.15, 0.2) is 0 Å². The van der Waals surface area contributed by atoms with E-state index in [9.17, 15) is 9.18 Å². The van der Waals surface area contributed by atoms with Crippen LogP contribution in [0.2, 0.25) is 0 Å². The second-order valence-corrected chi connectivity index (χ2v) is 13.6. The number of carbonyl (C=O) groups is 1. The van der Waals surface area contributed by atoms with E-state index < -0.39 is 5.60 Å². The minimum absolute atomic E-state index is 0. The van der Waals surface area contributed by atoms with Crippen LogP contribution in [0.15, 0.2) is 42.0 Å². The van der Waals surface area contributed by atoms with Crippen LogP contribution in [-0.4, -0.2) is 60.6 Å². The molecule has 2 atom stereocenters. The number of halogens is 2. The Hall–Kier alpha value is -2.85. The van der Waals surface area contributed by atoms with E-state index >= 15 is 0 Å². The number of esters is 1. The number of hydrogen-bond donors (Lipinski definition) is 0. The van der Waals surface area contributed by atoms with Crippen LogP contribution in [0.4, 0.5) is 4.39 Å². The number of carbonyl (C=O) groups excluding carboxylic acids is 1. The fraction of sp³-hybridized carbons (Fsp3) is 0.553. The molecule has 1 fully saturated rings. The summed E-state index contributed by atoms with van der Waals surface area (Å²) in [6, 6.07) is 11.0. The Morgan fingerprint density at radius 2 is 1.80 bits per heavy atom. The molecule has 0 aliphatic carbocycles. The van der Waals surface area contributed by atoms with Gasteiger partial charge in [-0.15, -0.1) is 18.8 Å². The van der Waals surface area contributed by atoms with Gasteiger partial charge < -0.3 is 14.4 Å². The Kier molecular flexibility index (Phi) is 12.2. The molecule has 0 bridgehead atoms. The second-order valence-electron chi connectivity index (χ2n) is 13.6. The monoisotopic (exact) mass is 636 g/mol. The van der Waals surface area contributed by atoms with E-state index in [0.717, 1.165) is 80.7 Å². The predicted molar refractivity (Wildman–Crippen MR) is 183 cm³/mol. The van der Waals surface area contributed by atoms with Crippen molar-refractivity contribution in [2.75, 3.05) is 39.3 Å². The lowest BCUT2D eigenvalue weighted by molar-refractivity contribution is -0.138. The number of hydrogen-bond acceptors (Lipinski definition) is 5. The number of terminal acetylenes is 1. The van der Waals surface area contributed by atoms with Gasteiger partial charge in [-0.25, -0.2) is 4.39 Å². The van der Waals surface area contributed by atoms with Crippen molar-refractivity contribution in [2.45, 2.75) is 90.6 Å². The van der Waals surface area contributed by atoms with E-state index in [1.165, 1.54) is 42.5 Å². The van der Waals surface area contributed by atoms with Crippen LogP contribution in [0, 0.1) is 24.1 Å². The summed E-state index contributed by atoms with van der Waals surface area (Å²) >= 11 is 0. The highest BCUT2D eigenvalue weighted by atomic mass is 35.5. The third-order valence-corrected chi connectivity index (χ3v) is 9.75. The highest BCUT2D eigenvalue weighted by molar-refractivity contribution is 5.86. The molecule has 1 saturated heterocycles. The first-order valence-electron chi connectivity index (χ1n) is 16.6. The molecule has 0 N–H and O–H groups in total. The molecule has 2 unspecified atom stereocenters. The average molecular weight is 637 g/mol. The van der Waals surface area contributed by atoms with E-state index in [1.807, 2.05) is 19.1 Å². The summed E-state index contributed by atoms with van der Waals surface area (Å²) in [4.78, 5) is 18.3. The van der Waals surface area contributed by atoms with Gasteiger partial charge in [-0.05, 0) is 131 Å². The van der Waals surface area contributed by atoms with Crippen molar-refractivity contribution in [3.05, 3.63) is 64.5 Å². The normalized spacial score (nSPS) is 19.3. The topological polar surface area (TPSA) is 42.0 Å². The Labute approximate surface area is 275 Å². The number of piperidine rings is 1. The van der Waals surface area contributed by atoms with Crippen LogP contribution in [-0.2, 0) is 11.2 Å². The number of nitrogens with zero attached hydrogens (tertiary/aromatic N) is 2. The van der Waals surface area contributed by atoms with Crippen LogP contribution in [0.25, 0.3) is 5.57 Å². The van der Waals surface area contributed by atoms with Crippen molar-refractivity contribution in [1.82, 2.24) is 9.80 Å². The van der Waals surface area contributed by atoms with Gasteiger partial charge in [0, 0.05) is 13.1 Å². The van der Waals surface area contributed by atoms with Crippen molar-refractivity contribution < 1.29 is 18.7 Å². The van der Waals surface area contributed by atoms with E-state index in [2.05, 4.69) is 48.6 Å². The Bertz CT molecular complexity index is 1390. The average Bonchev–Trinajstić information content (AvgIpc) is 3.00. The van der Waals surface area contributed by atoms with Crippen molar-refractivity contribution in [1.29, 1.82) is 0 Å². The number of ether oxygens (including phenoxy) is 2. The molecule has 2 aromatic carbocycles. The lowest BCUT2D eigenvalue weighted by Gasteiger charge is -2.42. The molecule has 3 heterocycles. The third kappa shape index (κ3) is 8.70. The second kappa shape index (κ2) is 15.6. The van der Waals surface area contributed by atoms with Crippen molar-refractivity contribution in [3.63, 3.8) is 0 Å². The van der Waals surface area contributed by atoms with Gasteiger partial charge in [-0.3, -0.25) is 9.69 Å². The van der Waals surface area contributed by atoms with Crippen LogP contribution in [0.5, 0.6) is 11.5 Å². The van der Waals surface area contributed by atoms with Gasteiger partial charge in [-0.2, -0.15) is 0 Å². The lowest BCUT2D eigenvalue weighted by atomic mass is 9.80. The molecule has 0 radical (unpaired) electrons. The zero-order valence-corrected chi connectivity index (χ0v) is 28.3. The molecule has 0 amide bonds. The SMILES string of the molecule is C#CCN1CCC2=C(C1)c1c(OC(=O)C(C)CCN3CCCCC3)cc(C(C)CCCc3ccc(F)cc3)cc1OC2(C)C.Cl. The molecule has 0 saturated carbocycles. The van der Waals surface area contributed by atoms with Gasteiger partial charge in [0.1, 0.15) is 22.9 Å². The van der Waals surface area contributed by atoms with Crippen LogP contribution < -0.4 is 9.47 Å². The first-order valence-corrected chi connectivity index (χ1v) is 16.6. The summed E-state index contributed by atoms with van der Waals surface area (Å²) in [5.41, 5.74) is 5.11. The number of likely N-dealkylation sites (tertiary alicyclic amines) is 1. The fourth-order valence-electron chi connectivity index (χ4n) is 6.98. The summed E-state index contributed by atoms with van der Waals surface area (Å²) in [6.07, 6.45) is 13.9. The largest absolute Gasteiger partial charge is 0.483 e. The minimum Gasteiger partial charge on any atom is -0.483 e. The summed E-state index contributed by atoms with van der Waals surface area (Å²) in [5, 5.41) is 0. The molecule has 2 aromatic rings. The Balaban J connectivity index is 0.00000461. The minimum atomic E-state index is -0.460. The number of fused-ring (bicyclic) bond motifs is 2. The highest BCUT2D eigenvalue weighted by Crippen LogP contribution is 2.49. The third-order valence-electron chi connectivity index (χ3n) is 9.75. The van der Waals surface area contributed by atoms with Gasteiger partial charge in [0.05, 0.1) is 18.0 Å². The standard InChI is InChI=1S/C38H49FN2O3.ClH/c1-6-19-41-23-18-33-32(26-41)36-34(43-37(42)28(3)17-22-40-20-8-7-9-21-40)24-30(25-35(36)44-38(33,4)5)27(2)11-10-12-29-13-15-31(39)16-14-29;/h1,13-16,24-25,27-28H,7-12,17-23,26H2,2-5H3;1H. The molecule has 5 nitrogen and oxygen atoms in total. The molecule has 7 heteroatoms.